The Labute approximate surface area is 89.4 Å². The van der Waals surface area contributed by atoms with Gasteiger partial charge in [0.05, 0.1) is 0 Å². The molecule has 6 nitrogen and oxygen atoms in total. The SMILES string of the molecule is O.O.O.O=C(O)O.[H-].[H-].[H-].[H-].[Mg+2].[Mg+2]. The molecule has 0 spiro atoms. The van der Waals surface area contributed by atoms with Gasteiger partial charge in [-0.2, -0.15) is 0 Å². The van der Waals surface area contributed by atoms with Crippen LogP contribution in [0.1, 0.15) is 5.71 Å². The minimum absolute atomic E-state index is 0. The zero-order chi connectivity index (χ0) is 3.58. The molecule has 0 aliphatic rings. The number of hydrogen-bond donors (Lipinski definition) is 2. The first kappa shape index (κ1) is 53.8. The van der Waals surface area contributed by atoms with Gasteiger partial charge in [0.25, 0.3) is 0 Å². The molecule has 0 aromatic heterocycles. The maximum atomic E-state index is 8.56. The molecule has 0 aliphatic heterocycles. The molecule has 0 aromatic carbocycles. The molecule has 0 atom stereocenters. The zero-order valence-electron chi connectivity index (χ0n) is 8.72. The Hall–Kier alpha value is 0.682. The molecule has 0 aliphatic carbocycles. The smallest absolute Gasteiger partial charge is 1.00 e. The third kappa shape index (κ3) is 832. The van der Waals surface area contributed by atoms with Crippen LogP contribution >= 0.6 is 0 Å². The fourth-order valence-electron chi connectivity index (χ4n) is 0. The minimum Gasteiger partial charge on any atom is -1.00 e. The molecule has 0 aromatic rings. The molecule has 0 amide bonds. The largest absolute Gasteiger partial charge is 2.00 e. The summed E-state index contributed by atoms with van der Waals surface area (Å²) in [6.07, 6.45) is -1.83. The minimum atomic E-state index is -1.83. The Morgan fingerprint density at radius 1 is 1.00 bits per heavy atom. The van der Waals surface area contributed by atoms with Gasteiger partial charge in [-0.25, -0.2) is 4.79 Å². The molecular weight excluding hydrogens is 157 g/mol. The summed E-state index contributed by atoms with van der Waals surface area (Å²) < 4.78 is 0. The van der Waals surface area contributed by atoms with E-state index in [1.165, 1.54) is 0 Å². The first-order valence-electron chi connectivity index (χ1n) is 0.651. The number of carbonyl (C=O) groups is 1. The van der Waals surface area contributed by atoms with Crippen LogP contribution in [0.2, 0.25) is 0 Å². The maximum absolute atomic E-state index is 8.56. The van der Waals surface area contributed by atoms with Crippen LogP contribution in [-0.2, 0) is 0 Å². The van der Waals surface area contributed by atoms with E-state index in [2.05, 4.69) is 0 Å². The molecule has 0 bridgehead atoms. The first-order valence-corrected chi connectivity index (χ1v) is 0.651. The third-order valence-electron chi connectivity index (χ3n) is 0. The Morgan fingerprint density at radius 2 is 1.00 bits per heavy atom. The van der Waals surface area contributed by atoms with Crippen molar-refractivity contribution in [3.63, 3.8) is 0 Å². The van der Waals surface area contributed by atoms with E-state index in [1.807, 2.05) is 0 Å². The van der Waals surface area contributed by atoms with Crippen molar-refractivity contribution >= 4 is 52.3 Å². The molecule has 9 heavy (non-hydrogen) atoms. The van der Waals surface area contributed by atoms with Crippen molar-refractivity contribution in [3.8, 4) is 0 Å². The van der Waals surface area contributed by atoms with Gasteiger partial charge in [0.2, 0.25) is 0 Å². The molecule has 0 saturated carbocycles. The van der Waals surface area contributed by atoms with Crippen molar-refractivity contribution in [2.24, 2.45) is 0 Å². The van der Waals surface area contributed by atoms with Crippen molar-refractivity contribution in [1.82, 2.24) is 0 Å². The average molecular weight is 169 g/mol. The van der Waals surface area contributed by atoms with Gasteiger partial charge in [-0.3, -0.25) is 0 Å². The van der Waals surface area contributed by atoms with Crippen LogP contribution in [0, 0.1) is 0 Å². The van der Waals surface area contributed by atoms with Crippen LogP contribution in [0.15, 0.2) is 0 Å². The molecule has 8 N–H and O–H groups in total. The van der Waals surface area contributed by atoms with E-state index in [4.69, 9.17) is 15.0 Å². The van der Waals surface area contributed by atoms with Crippen molar-refractivity contribution in [2.45, 2.75) is 0 Å². The van der Waals surface area contributed by atoms with Gasteiger partial charge >= 0.3 is 52.3 Å². The van der Waals surface area contributed by atoms with Crippen LogP contribution < -0.4 is 0 Å². The quantitative estimate of drug-likeness (QED) is 0.383. The van der Waals surface area contributed by atoms with Crippen LogP contribution in [0.3, 0.4) is 0 Å². The van der Waals surface area contributed by atoms with Crippen LogP contribution in [0.4, 0.5) is 4.79 Å². The van der Waals surface area contributed by atoms with E-state index in [0.717, 1.165) is 0 Å². The standard InChI is InChI=1S/CH2O3.2Mg.3H2O.4H/c2-1(3)4;;;;;;;;;/h(H2,2,3,4);;;3*1H2;;;;/q;2*+2;;;;4*-1. The Kier molecular flexibility index (Phi) is 226. The molecule has 0 saturated heterocycles. The van der Waals surface area contributed by atoms with Gasteiger partial charge in [-0.1, -0.05) is 0 Å². The summed E-state index contributed by atoms with van der Waals surface area (Å²) in [6.45, 7) is 0. The van der Waals surface area contributed by atoms with E-state index in [1.54, 1.807) is 0 Å². The molecule has 0 fully saturated rings. The van der Waals surface area contributed by atoms with Crippen molar-refractivity contribution < 1.29 is 37.1 Å². The van der Waals surface area contributed by atoms with Crippen LogP contribution in [0.5, 0.6) is 0 Å². The van der Waals surface area contributed by atoms with Gasteiger partial charge in [0.1, 0.15) is 0 Å². The van der Waals surface area contributed by atoms with Crippen LogP contribution in [-0.4, -0.2) is 78.9 Å². The molecule has 0 heterocycles. The first-order chi connectivity index (χ1) is 1.73. The van der Waals surface area contributed by atoms with E-state index >= 15 is 0 Å². The van der Waals surface area contributed by atoms with E-state index < -0.39 is 6.16 Å². The molecule has 0 unspecified atom stereocenters. The number of rotatable bonds is 0. The summed E-state index contributed by atoms with van der Waals surface area (Å²) in [5.41, 5.74) is 0. The monoisotopic (exact) mass is 168 g/mol. The summed E-state index contributed by atoms with van der Waals surface area (Å²) in [4.78, 5) is 8.56. The summed E-state index contributed by atoms with van der Waals surface area (Å²) in [6, 6.07) is 0. The van der Waals surface area contributed by atoms with Gasteiger partial charge in [-0.05, 0) is 0 Å². The van der Waals surface area contributed by atoms with Gasteiger partial charge in [0.15, 0.2) is 0 Å². The summed E-state index contributed by atoms with van der Waals surface area (Å²) in [5.74, 6) is 0. The second kappa shape index (κ2) is 37.8. The average Bonchev–Trinajstić information content (AvgIpc) is 0.811. The van der Waals surface area contributed by atoms with E-state index in [-0.39, 0.29) is 68.2 Å². The second-order valence-electron chi connectivity index (χ2n) is 0.283. The predicted molar refractivity (Wildman–Crippen MR) is 37.5 cm³/mol. The Balaban J connectivity index is -0.00000000125. The van der Waals surface area contributed by atoms with E-state index in [0.29, 0.717) is 0 Å². The summed E-state index contributed by atoms with van der Waals surface area (Å²) in [5, 5.41) is 13.9. The topological polar surface area (TPSA) is 152 Å². The maximum Gasteiger partial charge on any atom is 2.00 e. The van der Waals surface area contributed by atoms with Crippen LogP contribution in [0.25, 0.3) is 0 Å². The number of hydrogen-bond acceptors (Lipinski definition) is 1. The molecule has 0 radical (unpaired) electrons. The van der Waals surface area contributed by atoms with Gasteiger partial charge in [-0.15, -0.1) is 0 Å². The van der Waals surface area contributed by atoms with Crippen molar-refractivity contribution in [2.75, 3.05) is 0 Å². The zero-order valence-corrected chi connectivity index (χ0v) is 7.55. The van der Waals surface area contributed by atoms with E-state index in [9.17, 15) is 0 Å². The second-order valence-corrected chi connectivity index (χ2v) is 0.283. The Bertz CT molecular complexity index is 45.6. The van der Waals surface area contributed by atoms with Gasteiger partial charge in [0, 0.05) is 0 Å². The fourth-order valence-corrected chi connectivity index (χ4v) is 0. The normalized spacial score (nSPS) is 2.67. The molecule has 0 rings (SSSR count). The van der Waals surface area contributed by atoms with Crippen molar-refractivity contribution in [3.05, 3.63) is 0 Å². The summed E-state index contributed by atoms with van der Waals surface area (Å²) in [7, 11) is 0. The summed E-state index contributed by atoms with van der Waals surface area (Å²) >= 11 is 0. The number of carboxylic acid groups (broad SMARTS) is 2. The molecule has 56 valence electrons. The van der Waals surface area contributed by atoms with Crippen molar-refractivity contribution in [1.29, 1.82) is 0 Å². The van der Waals surface area contributed by atoms with Gasteiger partial charge < -0.3 is 32.3 Å². The third-order valence-corrected chi connectivity index (χ3v) is 0. The Morgan fingerprint density at radius 3 is 1.00 bits per heavy atom. The molecule has 8 heteroatoms. The molecular formula is CH12Mg2O6. The fraction of sp³-hybridized carbons (Fsp3) is 0. The predicted octanol–water partition coefficient (Wildman–Crippen LogP) is -2.56.